The SMILES string of the molecule is CCNC(=O)CN=C(NCC)NCC(C)(C)N1CCOCC1. The molecule has 0 aromatic heterocycles. The van der Waals surface area contributed by atoms with Crippen molar-refractivity contribution in [1.29, 1.82) is 0 Å². The van der Waals surface area contributed by atoms with Gasteiger partial charge in [-0.15, -0.1) is 0 Å². The van der Waals surface area contributed by atoms with Crippen molar-refractivity contribution >= 4 is 11.9 Å². The lowest BCUT2D eigenvalue weighted by molar-refractivity contribution is -0.119. The van der Waals surface area contributed by atoms with E-state index in [-0.39, 0.29) is 18.0 Å². The lowest BCUT2D eigenvalue weighted by Gasteiger charge is -2.41. The highest BCUT2D eigenvalue weighted by molar-refractivity contribution is 5.84. The number of likely N-dealkylation sites (N-methyl/N-ethyl adjacent to an activating group) is 1. The van der Waals surface area contributed by atoms with Gasteiger partial charge in [0.2, 0.25) is 5.91 Å². The number of hydrogen-bond acceptors (Lipinski definition) is 4. The van der Waals surface area contributed by atoms with Crippen LogP contribution in [0.1, 0.15) is 27.7 Å². The number of amides is 1. The maximum atomic E-state index is 11.5. The highest BCUT2D eigenvalue weighted by Crippen LogP contribution is 2.14. The third kappa shape index (κ3) is 6.62. The van der Waals surface area contributed by atoms with Gasteiger partial charge in [0, 0.05) is 38.3 Å². The normalized spacial score (nSPS) is 17.2. The van der Waals surface area contributed by atoms with E-state index in [1.54, 1.807) is 0 Å². The molecule has 7 nitrogen and oxygen atoms in total. The van der Waals surface area contributed by atoms with Gasteiger partial charge in [0.15, 0.2) is 5.96 Å². The van der Waals surface area contributed by atoms with Crippen molar-refractivity contribution in [2.24, 2.45) is 4.99 Å². The molecule has 3 N–H and O–H groups in total. The largest absolute Gasteiger partial charge is 0.379 e. The molecule has 0 bridgehead atoms. The molecule has 0 aromatic carbocycles. The minimum Gasteiger partial charge on any atom is -0.379 e. The molecule has 0 aromatic rings. The van der Waals surface area contributed by atoms with Crippen LogP contribution < -0.4 is 16.0 Å². The van der Waals surface area contributed by atoms with Crippen molar-refractivity contribution in [3.8, 4) is 0 Å². The molecule has 0 unspecified atom stereocenters. The summed E-state index contributed by atoms with van der Waals surface area (Å²) >= 11 is 0. The quantitative estimate of drug-likeness (QED) is 0.448. The topological polar surface area (TPSA) is 78.0 Å². The van der Waals surface area contributed by atoms with E-state index in [1.165, 1.54) is 0 Å². The molecule has 0 spiro atoms. The molecule has 1 aliphatic heterocycles. The molecule has 1 amide bonds. The van der Waals surface area contributed by atoms with Crippen LogP contribution in [-0.2, 0) is 9.53 Å². The van der Waals surface area contributed by atoms with E-state index in [1.807, 2.05) is 13.8 Å². The molecule has 1 saturated heterocycles. The monoisotopic (exact) mass is 313 g/mol. The Morgan fingerprint density at radius 1 is 1.14 bits per heavy atom. The number of carbonyl (C=O) groups excluding carboxylic acids is 1. The molecule has 1 rings (SSSR count). The number of aliphatic imine (C=N–C) groups is 1. The summed E-state index contributed by atoms with van der Waals surface area (Å²) in [6.45, 7) is 14.1. The first-order valence-electron chi connectivity index (χ1n) is 8.11. The second kappa shape index (κ2) is 9.63. The van der Waals surface area contributed by atoms with Gasteiger partial charge in [0.25, 0.3) is 0 Å². The minimum absolute atomic E-state index is 0.00560. The first-order chi connectivity index (χ1) is 10.5. The zero-order valence-electron chi connectivity index (χ0n) is 14.4. The summed E-state index contributed by atoms with van der Waals surface area (Å²) in [5.74, 6) is 0.613. The van der Waals surface area contributed by atoms with E-state index in [0.29, 0.717) is 12.5 Å². The summed E-state index contributed by atoms with van der Waals surface area (Å²) in [7, 11) is 0. The Hall–Kier alpha value is -1.34. The number of nitrogens with one attached hydrogen (secondary N) is 3. The van der Waals surface area contributed by atoms with Crippen molar-refractivity contribution in [2.75, 3.05) is 52.5 Å². The summed E-state index contributed by atoms with van der Waals surface area (Å²) in [5, 5.41) is 9.25. The van der Waals surface area contributed by atoms with Crippen LogP contribution in [0.2, 0.25) is 0 Å². The Morgan fingerprint density at radius 3 is 2.36 bits per heavy atom. The summed E-state index contributed by atoms with van der Waals surface area (Å²) in [4.78, 5) is 18.2. The van der Waals surface area contributed by atoms with Crippen LogP contribution in [0.15, 0.2) is 4.99 Å². The second-order valence-corrected chi connectivity index (χ2v) is 5.91. The van der Waals surface area contributed by atoms with Crippen LogP contribution >= 0.6 is 0 Å². The number of guanidine groups is 1. The van der Waals surface area contributed by atoms with Gasteiger partial charge < -0.3 is 20.7 Å². The smallest absolute Gasteiger partial charge is 0.241 e. The lowest BCUT2D eigenvalue weighted by atomic mass is 10.0. The van der Waals surface area contributed by atoms with Crippen LogP contribution in [0.4, 0.5) is 0 Å². The third-order valence-electron chi connectivity index (χ3n) is 3.65. The highest BCUT2D eigenvalue weighted by Gasteiger charge is 2.28. The van der Waals surface area contributed by atoms with Crippen molar-refractivity contribution in [3.05, 3.63) is 0 Å². The van der Waals surface area contributed by atoms with Gasteiger partial charge in [-0.3, -0.25) is 9.69 Å². The van der Waals surface area contributed by atoms with E-state index < -0.39 is 0 Å². The van der Waals surface area contributed by atoms with Gasteiger partial charge in [-0.25, -0.2) is 4.99 Å². The fourth-order valence-electron chi connectivity index (χ4n) is 2.33. The Kier molecular flexibility index (Phi) is 8.19. The zero-order valence-corrected chi connectivity index (χ0v) is 14.4. The number of ether oxygens (including phenoxy) is 1. The number of nitrogens with zero attached hydrogens (tertiary/aromatic N) is 2. The van der Waals surface area contributed by atoms with Crippen molar-refractivity contribution in [3.63, 3.8) is 0 Å². The fourth-order valence-corrected chi connectivity index (χ4v) is 2.33. The van der Waals surface area contributed by atoms with Gasteiger partial charge in [-0.2, -0.15) is 0 Å². The summed E-state index contributed by atoms with van der Waals surface area (Å²) in [5.41, 5.74) is 0.00560. The van der Waals surface area contributed by atoms with E-state index in [9.17, 15) is 4.79 Å². The molecular weight excluding hydrogens is 282 g/mol. The van der Waals surface area contributed by atoms with Gasteiger partial charge in [-0.1, -0.05) is 0 Å². The van der Waals surface area contributed by atoms with E-state index >= 15 is 0 Å². The molecule has 22 heavy (non-hydrogen) atoms. The molecule has 0 atom stereocenters. The maximum absolute atomic E-state index is 11.5. The Morgan fingerprint density at radius 2 is 1.77 bits per heavy atom. The number of carbonyl (C=O) groups is 1. The van der Waals surface area contributed by atoms with Gasteiger partial charge in [0.1, 0.15) is 6.54 Å². The van der Waals surface area contributed by atoms with Crippen LogP contribution in [0.3, 0.4) is 0 Å². The Labute approximate surface area is 133 Å². The van der Waals surface area contributed by atoms with Gasteiger partial charge in [-0.05, 0) is 27.7 Å². The molecule has 0 radical (unpaired) electrons. The summed E-state index contributed by atoms with van der Waals surface area (Å²) in [6.07, 6.45) is 0. The average molecular weight is 313 g/mol. The predicted octanol–water partition coefficient (Wildman–Crippen LogP) is -0.212. The molecule has 128 valence electrons. The van der Waals surface area contributed by atoms with Crippen molar-refractivity contribution in [2.45, 2.75) is 33.2 Å². The number of rotatable bonds is 7. The number of morpholine rings is 1. The Bertz CT molecular complexity index is 365. The molecule has 7 heteroatoms. The van der Waals surface area contributed by atoms with Crippen molar-refractivity contribution in [1.82, 2.24) is 20.9 Å². The van der Waals surface area contributed by atoms with Gasteiger partial charge in [0.05, 0.1) is 13.2 Å². The molecule has 1 fully saturated rings. The lowest BCUT2D eigenvalue weighted by Crippen LogP contribution is -2.56. The molecular formula is C15H31N5O2. The van der Waals surface area contributed by atoms with E-state index in [4.69, 9.17) is 4.74 Å². The molecule has 0 aliphatic carbocycles. The first-order valence-corrected chi connectivity index (χ1v) is 8.11. The standard InChI is InChI=1S/C15H31N5O2/c1-5-16-13(21)11-18-14(17-6-2)19-12-15(3,4)20-7-9-22-10-8-20/h5-12H2,1-4H3,(H,16,21)(H2,17,18,19). The fraction of sp³-hybridized carbons (Fsp3) is 0.867. The van der Waals surface area contributed by atoms with Crippen LogP contribution in [0, 0.1) is 0 Å². The third-order valence-corrected chi connectivity index (χ3v) is 3.65. The van der Waals surface area contributed by atoms with E-state index in [2.05, 4.69) is 39.7 Å². The first kappa shape index (κ1) is 18.7. The van der Waals surface area contributed by atoms with Crippen LogP contribution in [0.25, 0.3) is 0 Å². The van der Waals surface area contributed by atoms with Crippen LogP contribution in [0.5, 0.6) is 0 Å². The van der Waals surface area contributed by atoms with Crippen LogP contribution in [-0.4, -0.2) is 74.8 Å². The average Bonchev–Trinajstić information content (AvgIpc) is 2.51. The zero-order chi connectivity index (χ0) is 16.4. The number of hydrogen-bond donors (Lipinski definition) is 3. The van der Waals surface area contributed by atoms with E-state index in [0.717, 1.165) is 39.4 Å². The summed E-state index contributed by atoms with van der Waals surface area (Å²) < 4.78 is 5.40. The van der Waals surface area contributed by atoms with Gasteiger partial charge >= 0.3 is 0 Å². The predicted molar refractivity (Wildman–Crippen MR) is 89.1 cm³/mol. The molecule has 0 saturated carbocycles. The second-order valence-electron chi connectivity index (χ2n) is 5.91. The Balaban J connectivity index is 2.51. The minimum atomic E-state index is -0.0628. The molecule has 1 heterocycles. The van der Waals surface area contributed by atoms with Crippen molar-refractivity contribution < 1.29 is 9.53 Å². The maximum Gasteiger partial charge on any atom is 0.241 e. The highest BCUT2D eigenvalue weighted by atomic mass is 16.5. The molecule has 1 aliphatic rings. The summed E-state index contributed by atoms with van der Waals surface area (Å²) in [6, 6.07) is 0.